The first-order chi connectivity index (χ1) is 12.6. The van der Waals surface area contributed by atoms with Gasteiger partial charge in [-0.25, -0.2) is 8.78 Å². The molecule has 144 valence electrons. The molecule has 26 heavy (non-hydrogen) atoms. The van der Waals surface area contributed by atoms with Gasteiger partial charge in [0.25, 0.3) is 0 Å². The number of piperidine rings is 1. The molecule has 1 aliphatic carbocycles. The van der Waals surface area contributed by atoms with E-state index in [-0.39, 0.29) is 17.5 Å². The molecular weight excluding hydrogens is 334 g/mol. The number of aliphatic imine (C=N–C) groups is 1. The highest BCUT2D eigenvalue weighted by Crippen LogP contribution is 2.43. The van der Waals surface area contributed by atoms with Crippen LogP contribution in [0, 0.1) is 11.6 Å². The molecule has 3 rings (SSSR count). The van der Waals surface area contributed by atoms with E-state index in [0.717, 1.165) is 38.3 Å². The maximum atomic E-state index is 13.9. The van der Waals surface area contributed by atoms with Gasteiger partial charge < -0.3 is 15.5 Å². The Morgan fingerprint density at radius 2 is 1.88 bits per heavy atom. The summed E-state index contributed by atoms with van der Waals surface area (Å²) in [6.07, 6.45) is 5.42. The van der Waals surface area contributed by atoms with E-state index in [9.17, 15) is 8.78 Å². The second-order valence-corrected chi connectivity index (χ2v) is 7.41. The van der Waals surface area contributed by atoms with Crippen LogP contribution in [0.2, 0.25) is 0 Å². The minimum Gasteiger partial charge on any atom is -0.354 e. The van der Waals surface area contributed by atoms with Crippen LogP contribution in [-0.2, 0) is 0 Å². The Labute approximate surface area is 155 Å². The van der Waals surface area contributed by atoms with Crippen molar-refractivity contribution in [3.63, 3.8) is 0 Å². The van der Waals surface area contributed by atoms with Gasteiger partial charge in [-0.15, -0.1) is 0 Å². The van der Waals surface area contributed by atoms with Gasteiger partial charge in [0.1, 0.15) is 11.6 Å². The molecule has 1 heterocycles. The Hall–Kier alpha value is -1.69. The molecule has 0 spiro atoms. The molecule has 2 fully saturated rings. The van der Waals surface area contributed by atoms with E-state index in [4.69, 9.17) is 0 Å². The predicted octanol–water partition coefficient (Wildman–Crippen LogP) is 3.25. The molecule has 1 aromatic carbocycles. The van der Waals surface area contributed by atoms with Crippen molar-refractivity contribution in [1.29, 1.82) is 0 Å². The molecule has 1 aromatic rings. The van der Waals surface area contributed by atoms with Crippen molar-refractivity contribution < 1.29 is 8.78 Å². The minimum atomic E-state index is -0.457. The van der Waals surface area contributed by atoms with Gasteiger partial charge in [-0.1, -0.05) is 19.4 Å². The Morgan fingerprint density at radius 3 is 2.50 bits per heavy atom. The molecule has 2 atom stereocenters. The Bertz CT molecular complexity index is 606. The van der Waals surface area contributed by atoms with Gasteiger partial charge in [0, 0.05) is 43.7 Å². The van der Waals surface area contributed by atoms with Crippen molar-refractivity contribution in [3.8, 4) is 0 Å². The largest absolute Gasteiger partial charge is 0.354 e. The molecule has 1 saturated carbocycles. The molecule has 1 saturated heterocycles. The molecular formula is C20H30F2N4. The van der Waals surface area contributed by atoms with Crippen molar-refractivity contribution in [2.24, 2.45) is 4.99 Å². The van der Waals surface area contributed by atoms with E-state index < -0.39 is 11.6 Å². The van der Waals surface area contributed by atoms with Crippen LogP contribution in [0.3, 0.4) is 0 Å². The van der Waals surface area contributed by atoms with E-state index in [2.05, 4.69) is 27.4 Å². The lowest BCUT2D eigenvalue weighted by atomic mass is 10.0. The zero-order valence-electron chi connectivity index (χ0n) is 15.8. The highest BCUT2D eigenvalue weighted by Gasteiger charge is 2.42. The Balaban J connectivity index is 1.47. The van der Waals surface area contributed by atoms with Gasteiger partial charge in [0.2, 0.25) is 0 Å². The fourth-order valence-corrected chi connectivity index (χ4v) is 3.76. The fourth-order valence-electron chi connectivity index (χ4n) is 3.76. The van der Waals surface area contributed by atoms with Crippen LogP contribution in [0.1, 0.15) is 50.5 Å². The molecule has 0 radical (unpaired) electrons. The summed E-state index contributed by atoms with van der Waals surface area (Å²) >= 11 is 0. The summed E-state index contributed by atoms with van der Waals surface area (Å²) in [5, 5.41) is 6.81. The average Bonchev–Trinajstić information content (AvgIpc) is 3.39. The first-order valence-electron chi connectivity index (χ1n) is 9.78. The maximum absolute atomic E-state index is 13.9. The van der Waals surface area contributed by atoms with Crippen molar-refractivity contribution in [1.82, 2.24) is 15.5 Å². The number of hydrogen-bond donors (Lipinski definition) is 2. The first-order valence-corrected chi connectivity index (χ1v) is 9.78. The van der Waals surface area contributed by atoms with Crippen LogP contribution < -0.4 is 10.6 Å². The summed E-state index contributed by atoms with van der Waals surface area (Å²) in [7, 11) is 1.74. The summed E-state index contributed by atoms with van der Waals surface area (Å²) in [6, 6.07) is 4.51. The average molecular weight is 364 g/mol. The second kappa shape index (κ2) is 8.80. The lowest BCUT2D eigenvalue weighted by Crippen LogP contribution is -2.49. The third kappa shape index (κ3) is 4.72. The third-order valence-corrected chi connectivity index (χ3v) is 5.46. The van der Waals surface area contributed by atoms with Gasteiger partial charge in [-0.2, -0.15) is 0 Å². The van der Waals surface area contributed by atoms with Gasteiger partial charge in [-0.05, 0) is 44.4 Å². The van der Waals surface area contributed by atoms with Gasteiger partial charge in [-0.3, -0.25) is 4.99 Å². The number of halogens is 2. The molecule has 2 N–H and O–H groups in total. The second-order valence-electron chi connectivity index (χ2n) is 7.41. The monoisotopic (exact) mass is 364 g/mol. The number of nitrogens with one attached hydrogen (secondary N) is 2. The van der Waals surface area contributed by atoms with Crippen molar-refractivity contribution >= 4 is 5.96 Å². The molecule has 1 aliphatic heterocycles. The van der Waals surface area contributed by atoms with Crippen LogP contribution in [-0.4, -0.2) is 49.6 Å². The molecule has 4 nitrogen and oxygen atoms in total. The number of hydrogen-bond acceptors (Lipinski definition) is 2. The lowest BCUT2D eigenvalue weighted by Gasteiger charge is -2.33. The van der Waals surface area contributed by atoms with Crippen LogP contribution in [0.15, 0.2) is 23.2 Å². The fraction of sp³-hybridized carbons (Fsp3) is 0.650. The molecule has 6 heteroatoms. The zero-order chi connectivity index (χ0) is 18.5. The number of nitrogens with zero attached hydrogens (tertiary/aromatic N) is 2. The number of benzene rings is 1. The van der Waals surface area contributed by atoms with Crippen LogP contribution in [0.5, 0.6) is 0 Å². The molecule has 0 amide bonds. The number of unbranched alkanes of at least 4 members (excludes halogenated alkanes) is 1. The Kier molecular flexibility index (Phi) is 6.46. The van der Waals surface area contributed by atoms with Gasteiger partial charge >= 0.3 is 0 Å². The van der Waals surface area contributed by atoms with E-state index in [0.29, 0.717) is 6.04 Å². The standard InChI is InChI=1S/C20H30F2N4/c1-3-4-10-26-11-8-14(9-12-26)24-20(23-2)25-18-13-15(18)19-16(21)6-5-7-17(19)22/h5-7,14-15,18H,3-4,8-13H2,1-2H3,(H2,23,24,25). The SMILES string of the molecule is CCCCN1CCC(NC(=NC)NC2CC2c2c(F)cccc2F)CC1. The normalized spacial score (nSPS) is 24.5. The van der Waals surface area contributed by atoms with Crippen LogP contribution >= 0.6 is 0 Å². The number of likely N-dealkylation sites (tertiary alicyclic amines) is 1. The van der Waals surface area contributed by atoms with E-state index in [1.54, 1.807) is 7.05 Å². The zero-order valence-corrected chi connectivity index (χ0v) is 15.8. The highest BCUT2D eigenvalue weighted by molar-refractivity contribution is 5.80. The smallest absolute Gasteiger partial charge is 0.191 e. The van der Waals surface area contributed by atoms with Crippen molar-refractivity contribution in [2.75, 3.05) is 26.7 Å². The number of rotatable bonds is 6. The van der Waals surface area contributed by atoms with E-state index in [1.807, 2.05) is 0 Å². The number of guanidine groups is 1. The molecule has 2 unspecified atom stereocenters. The Morgan fingerprint density at radius 1 is 1.19 bits per heavy atom. The summed E-state index contributed by atoms with van der Waals surface area (Å²) in [4.78, 5) is 6.82. The predicted molar refractivity (Wildman–Crippen MR) is 102 cm³/mol. The molecule has 0 aromatic heterocycles. The minimum absolute atomic E-state index is 0.0391. The van der Waals surface area contributed by atoms with Gasteiger partial charge in [0.15, 0.2) is 5.96 Å². The molecule has 0 bridgehead atoms. The summed E-state index contributed by atoms with van der Waals surface area (Å²) < 4.78 is 27.8. The topological polar surface area (TPSA) is 39.7 Å². The van der Waals surface area contributed by atoms with Gasteiger partial charge in [0.05, 0.1) is 0 Å². The third-order valence-electron chi connectivity index (χ3n) is 5.46. The van der Waals surface area contributed by atoms with Crippen molar-refractivity contribution in [3.05, 3.63) is 35.4 Å². The first kappa shape index (κ1) is 19.1. The van der Waals surface area contributed by atoms with Crippen LogP contribution in [0.25, 0.3) is 0 Å². The summed E-state index contributed by atoms with van der Waals surface area (Å²) in [5.74, 6) is -0.296. The van der Waals surface area contributed by atoms with Crippen molar-refractivity contribution in [2.45, 2.75) is 57.0 Å². The van der Waals surface area contributed by atoms with E-state index in [1.165, 1.54) is 37.6 Å². The summed E-state index contributed by atoms with van der Waals surface area (Å²) in [5.41, 5.74) is 0.199. The lowest BCUT2D eigenvalue weighted by molar-refractivity contribution is 0.203. The summed E-state index contributed by atoms with van der Waals surface area (Å²) in [6.45, 7) is 5.64. The highest BCUT2D eigenvalue weighted by atomic mass is 19.1. The van der Waals surface area contributed by atoms with Crippen LogP contribution in [0.4, 0.5) is 8.78 Å². The van der Waals surface area contributed by atoms with E-state index >= 15 is 0 Å². The molecule has 2 aliphatic rings. The quantitative estimate of drug-likeness (QED) is 0.601. The maximum Gasteiger partial charge on any atom is 0.191 e.